The zero-order valence-corrected chi connectivity index (χ0v) is 15.3. The molecule has 1 aliphatic rings. The van der Waals surface area contributed by atoms with Gasteiger partial charge in [0.1, 0.15) is 0 Å². The smallest absolute Gasteiger partial charge is 0.0766 e. The molecule has 1 aromatic heterocycles. The van der Waals surface area contributed by atoms with Crippen LogP contribution in [-0.2, 0) is 19.4 Å². The number of alkyl halides is 1. The number of hydrogen-bond donors (Lipinski definition) is 0. The van der Waals surface area contributed by atoms with E-state index in [1.807, 2.05) is 0 Å². The fourth-order valence-corrected chi connectivity index (χ4v) is 4.53. The van der Waals surface area contributed by atoms with Crippen molar-refractivity contribution in [1.82, 2.24) is 9.78 Å². The topological polar surface area (TPSA) is 17.8 Å². The third-order valence-electron chi connectivity index (χ3n) is 4.30. The second-order valence-electron chi connectivity index (χ2n) is 5.78. The number of aromatic nitrogens is 2. The highest BCUT2D eigenvalue weighted by Crippen LogP contribution is 2.37. The van der Waals surface area contributed by atoms with Gasteiger partial charge in [-0.05, 0) is 66.8 Å². The molecule has 2 nitrogen and oxygen atoms in total. The van der Waals surface area contributed by atoms with Crippen LogP contribution in [0.25, 0.3) is 0 Å². The molecule has 1 fully saturated rings. The quantitative estimate of drug-likeness (QED) is 0.662. The lowest BCUT2D eigenvalue weighted by atomic mass is 9.80. The van der Waals surface area contributed by atoms with E-state index in [1.54, 1.807) is 0 Å². The Morgan fingerprint density at radius 3 is 2.68 bits per heavy atom. The molecule has 3 unspecified atom stereocenters. The Hall–Kier alpha value is 0.170. The van der Waals surface area contributed by atoms with Crippen molar-refractivity contribution in [2.75, 3.05) is 0 Å². The van der Waals surface area contributed by atoms with Gasteiger partial charge in [0.15, 0.2) is 0 Å². The summed E-state index contributed by atoms with van der Waals surface area (Å²) in [4.78, 5) is 0.667. The Balaban J connectivity index is 2.19. The van der Waals surface area contributed by atoms with E-state index in [2.05, 4.69) is 57.3 Å². The summed E-state index contributed by atoms with van der Waals surface area (Å²) in [6, 6.07) is 0. The molecule has 2 rings (SSSR count). The summed E-state index contributed by atoms with van der Waals surface area (Å²) in [6.07, 6.45) is 6.14. The van der Waals surface area contributed by atoms with Crippen molar-refractivity contribution in [3.05, 3.63) is 15.9 Å². The molecular weight excluding hydrogens is 368 g/mol. The van der Waals surface area contributed by atoms with E-state index in [9.17, 15) is 0 Å². The van der Waals surface area contributed by atoms with Crippen LogP contribution in [0.1, 0.15) is 51.4 Å². The van der Waals surface area contributed by atoms with Crippen LogP contribution in [0.3, 0.4) is 0 Å². The van der Waals surface area contributed by atoms with Crippen LogP contribution in [0.4, 0.5) is 0 Å². The number of halogens is 2. The molecule has 0 bridgehead atoms. The molecule has 19 heavy (non-hydrogen) atoms. The number of aryl methyl sites for hydroxylation is 2. The van der Waals surface area contributed by atoms with Gasteiger partial charge in [-0.2, -0.15) is 5.10 Å². The minimum Gasteiger partial charge on any atom is -0.268 e. The van der Waals surface area contributed by atoms with Crippen LogP contribution in [-0.4, -0.2) is 14.6 Å². The van der Waals surface area contributed by atoms with Gasteiger partial charge in [0.2, 0.25) is 0 Å². The van der Waals surface area contributed by atoms with Gasteiger partial charge in [-0.3, -0.25) is 4.68 Å². The zero-order valence-electron chi connectivity index (χ0n) is 12.1. The SMILES string of the molecule is CCc1nn(CC)c(CC2CC(C)CCC2Br)c1Br. The maximum Gasteiger partial charge on any atom is 0.0766 e. The van der Waals surface area contributed by atoms with E-state index in [-0.39, 0.29) is 0 Å². The molecule has 0 aromatic carbocycles. The minimum atomic E-state index is 0.667. The summed E-state index contributed by atoms with van der Waals surface area (Å²) in [7, 11) is 0. The van der Waals surface area contributed by atoms with E-state index in [0.29, 0.717) is 4.83 Å². The molecule has 1 heterocycles. The molecule has 0 radical (unpaired) electrons. The van der Waals surface area contributed by atoms with Crippen LogP contribution < -0.4 is 0 Å². The fourth-order valence-electron chi connectivity index (χ4n) is 3.13. The first-order valence-electron chi connectivity index (χ1n) is 7.44. The Kier molecular flexibility index (Phi) is 5.53. The molecule has 1 saturated carbocycles. The summed E-state index contributed by atoms with van der Waals surface area (Å²) in [6.45, 7) is 7.70. The van der Waals surface area contributed by atoms with E-state index in [4.69, 9.17) is 5.10 Å². The molecule has 3 atom stereocenters. The molecule has 1 aromatic rings. The number of hydrogen-bond acceptors (Lipinski definition) is 1. The van der Waals surface area contributed by atoms with Gasteiger partial charge < -0.3 is 0 Å². The monoisotopic (exact) mass is 390 g/mol. The van der Waals surface area contributed by atoms with Gasteiger partial charge in [0.05, 0.1) is 15.9 Å². The van der Waals surface area contributed by atoms with Crippen molar-refractivity contribution in [3.63, 3.8) is 0 Å². The van der Waals surface area contributed by atoms with Crippen molar-refractivity contribution in [3.8, 4) is 0 Å². The molecule has 108 valence electrons. The standard InChI is InChI=1S/C15H24Br2N2/c1-4-13-15(17)14(19(5-2)18-13)9-11-8-10(3)6-7-12(11)16/h10-12H,4-9H2,1-3H3. The third kappa shape index (κ3) is 3.44. The van der Waals surface area contributed by atoms with Gasteiger partial charge in [0, 0.05) is 11.4 Å². The highest BCUT2D eigenvalue weighted by molar-refractivity contribution is 9.10. The van der Waals surface area contributed by atoms with Crippen LogP contribution in [0.2, 0.25) is 0 Å². The predicted molar refractivity (Wildman–Crippen MR) is 87.9 cm³/mol. The second-order valence-corrected chi connectivity index (χ2v) is 7.74. The van der Waals surface area contributed by atoms with Crippen molar-refractivity contribution >= 4 is 31.9 Å². The Bertz CT molecular complexity index is 428. The Morgan fingerprint density at radius 1 is 1.32 bits per heavy atom. The summed E-state index contributed by atoms with van der Waals surface area (Å²) in [5.41, 5.74) is 2.59. The first kappa shape index (κ1) is 15.6. The predicted octanol–water partition coefficient (Wildman–Crippen LogP) is 4.97. The van der Waals surface area contributed by atoms with Crippen LogP contribution in [0.5, 0.6) is 0 Å². The molecule has 1 aliphatic carbocycles. The van der Waals surface area contributed by atoms with Crippen molar-refractivity contribution in [2.24, 2.45) is 11.8 Å². The summed E-state index contributed by atoms with van der Waals surface area (Å²) in [5, 5.41) is 4.71. The van der Waals surface area contributed by atoms with Crippen LogP contribution in [0, 0.1) is 11.8 Å². The van der Waals surface area contributed by atoms with Gasteiger partial charge in [-0.25, -0.2) is 0 Å². The Morgan fingerprint density at radius 2 is 2.05 bits per heavy atom. The summed E-state index contributed by atoms with van der Waals surface area (Å²) >= 11 is 7.66. The largest absolute Gasteiger partial charge is 0.268 e. The second kappa shape index (κ2) is 6.75. The van der Waals surface area contributed by atoms with E-state index in [0.717, 1.165) is 31.2 Å². The lowest BCUT2D eigenvalue weighted by Crippen LogP contribution is -2.26. The fraction of sp³-hybridized carbons (Fsp3) is 0.800. The van der Waals surface area contributed by atoms with E-state index < -0.39 is 0 Å². The first-order valence-corrected chi connectivity index (χ1v) is 9.15. The number of rotatable bonds is 4. The van der Waals surface area contributed by atoms with Crippen LogP contribution in [0.15, 0.2) is 4.47 Å². The van der Waals surface area contributed by atoms with Crippen LogP contribution >= 0.6 is 31.9 Å². The molecule has 4 heteroatoms. The average Bonchev–Trinajstić information content (AvgIpc) is 2.70. The van der Waals surface area contributed by atoms with Crippen molar-refractivity contribution < 1.29 is 0 Å². The lowest BCUT2D eigenvalue weighted by molar-refractivity contribution is 0.289. The molecule has 0 aliphatic heterocycles. The van der Waals surface area contributed by atoms with Gasteiger partial charge in [-0.1, -0.05) is 29.8 Å². The summed E-state index contributed by atoms with van der Waals surface area (Å²) < 4.78 is 3.43. The molecule has 0 saturated heterocycles. The van der Waals surface area contributed by atoms with Crippen molar-refractivity contribution in [1.29, 1.82) is 0 Å². The minimum absolute atomic E-state index is 0.667. The zero-order chi connectivity index (χ0) is 14.0. The van der Waals surface area contributed by atoms with E-state index in [1.165, 1.54) is 35.1 Å². The maximum absolute atomic E-state index is 4.71. The van der Waals surface area contributed by atoms with Gasteiger partial charge in [-0.15, -0.1) is 0 Å². The first-order chi connectivity index (χ1) is 9.06. The highest BCUT2D eigenvalue weighted by Gasteiger charge is 2.29. The Labute approximate surface area is 133 Å². The third-order valence-corrected chi connectivity index (χ3v) is 6.42. The lowest BCUT2D eigenvalue weighted by Gasteiger charge is -2.31. The van der Waals surface area contributed by atoms with Gasteiger partial charge in [0.25, 0.3) is 0 Å². The van der Waals surface area contributed by atoms with E-state index >= 15 is 0 Å². The molecular formula is C15H24Br2N2. The molecule has 0 N–H and O–H groups in total. The average molecular weight is 392 g/mol. The maximum atomic E-state index is 4.71. The number of nitrogens with zero attached hydrogens (tertiary/aromatic N) is 2. The molecule has 0 spiro atoms. The molecule has 0 amide bonds. The highest BCUT2D eigenvalue weighted by atomic mass is 79.9. The normalized spacial score (nSPS) is 27.7. The van der Waals surface area contributed by atoms with Crippen molar-refractivity contribution in [2.45, 2.75) is 64.2 Å². The summed E-state index contributed by atoms with van der Waals surface area (Å²) in [5.74, 6) is 1.60. The van der Waals surface area contributed by atoms with Gasteiger partial charge >= 0.3 is 0 Å².